The van der Waals surface area contributed by atoms with Gasteiger partial charge in [0.1, 0.15) is 5.82 Å². The first-order chi connectivity index (χ1) is 9.01. The molecule has 3 nitrogen and oxygen atoms in total. The Kier molecular flexibility index (Phi) is 4.64. The third-order valence-electron chi connectivity index (χ3n) is 5.04. The number of nitrogens with zero attached hydrogens (tertiary/aromatic N) is 2. The number of hydrogen-bond acceptors (Lipinski definition) is 2. The predicted molar refractivity (Wildman–Crippen MR) is 79.0 cm³/mol. The fourth-order valence-electron chi connectivity index (χ4n) is 3.71. The Balaban J connectivity index is 2.02. The van der Waals surface area contributed by atoms with Gasteiger partial charge < -0.3 is 0 Å². The lowest BCUT2D eigenvalue weighted by atomic mass is 9.68. The molecule has 0 amide bonds. The van der Waals surface area contributed by atoms with Gasteiger partial charge in [0, 0.05) is 12.3 Å². The van der Waals surface area contributed by atoms with Crippen molar-refractivity contribution in [2.24, 2.45) is 23.7 Å². The van der Waals surface area contributed by atoms with Crippen molar-refractivity contribution >= 4 is 0 Å². The molecule has 0 bridgehead atoms. The van der Waals surface area contributed by atoms with E-state index < -0.39 is 0 Å². The molecule has 3 unspecified atom stereocenters. The minimum atomic E-state index is 0.464. The number of nitrogens with one attached hydrogen (secondary N) is 1. The van der Waals surface area contributed by atoms with Crippen LogP contribution in [0, 0.1) is 23.7 Å². The van der Waals surface area contributed by atoms with Gasteiger partial charge in [-0.15, -0.1) is 0 Å². The fourth-order valence-corrected chi connectivity index (χ4v) is 3.71. The van der Waals surface area contributed by atoms with E-state index in [1.54, 1.807) is 0 Å². The molecule has 0 spiro atoms. The van der Waals surface area contributed by atoms with E-state index in [0.29, 0.717) is 5.92 Å². The Labute approximate surface area is 117 Å². The van der Waals surface area contributed by atoms with Crippen LogP contribution >= 0.6 is 0 Å². The van der Waals surface area contributed by atoms with E-state index in [0.717, 1.165) is 48.2 Å². The standard InChI is InChI=1S/C16H29N3/c1-6-11(3)16-17-15(18-19-16)9-14-12(4)7-10(2)8-13(14)5/h10-14H,6-9H2,1-5H3,(H,17,18,19). The van der Waals surface area contributed by atoms with Gasteiger partial charge in [-0.25, -0.2) is 4.98 Å². The highest BCUT2D eigenvalue weighted by Gasteiger charge is 2.32. The minimum absolute atomic E-state index is 0.464. The monoisotopic (exact) mass is 263 g/mol. The highest BCUT2D eigenvalue weighted by molar-refractivity contribution is 4.98. The van der Waals surface area contributed by atoms with Crippen molar-refractivity contribution in [2.45, 2.75) is 66.2 Å². The van der Waals surface area contributed by atoms with Crippen molar-refractivity contribution in [1.29, 1.82) is 0 Å². The molecule has 108 valence electrons. The molecule has 19 heavy (non-hydrogen) atoms. The first-order valence-electron chi connectivity index (χ1n) is 7.92. The van der Waals surface area contributed by atoms with Crippen molar-refractivity contribution in [3.8, 4) is 0 Å². The number of hydrogen-bond donors (Lipinski definition) is 1. The van der Waals surface area contributed by atoms with Crippen molar-refractivity contribution in [1.82, 2.24) is 15.2 Å². The molecule has 0 aromatic carbocycles. The Hall–Kier alpha value is -0.860. The molecule has 0 saturated heterocycles. The number of aromatic nitrogens is 3. The Morgan fingerprint density at radius 3 is 2.42 bits per heavy atom. The van der Waals surface area contributed by atoms with E-state index in [-0.39, 0.29) is 0 Å². The smallest absolute Gasteiger partial charge is 0.153 e. The highest BCUT2D eigenvalue weighted by atomic mass is 15.2. The summed E-state index contributed by atoms with van der Waals surface area (Å²) in [6.45, 7) is 11.6. The van der Waals surface area contributed by atoms with Crippen LogP contribution in [0.5, 0.6) is 0 Å². The first kappa shape index (κ1) is 14.5. The third-order valence-corrected chi connectivity index (χ3v) is 5.04. The highest BCUT2D eigenvalue weighted by Crippen LogP contribution is 2.39. The van der Waals surface area contributed by atoms with Gasteiger partial charge in [-0.2, -0.15) is 5.10 Å². The second-order valence-electron chi connectivity index (χ2n) is 6.85. The topological polar surface area (TPSA) is 41.6 Å². The summed E-state index contributed by atoms with van der Waals surface area (Å²) in [6, 6.07) is 0. The zero-order chi connectivity index (χ0) is 14.0. The summed E-state index contributed by atoms with van der Waals surface area (Å²) in [7, 11) is 0. The molecule has 1 aliphatic rings. The fraction of sp³-hybridized carbons (Fsp3) is 0.875. The summed E-state index contributed by atoms with van der Waals surface area (Å²) in [5, 5.41) is 7.54. The van der Waals surface area contributed by atoms with E-state index in [4.69, 9.17) is 4.98 Å². The van der Waals surface area contributed by atoms with Gasteiger partial charge in [0.2, 0.25) is 0 Å². The van der Waals surface area contributed by atoms with Gasteiger partial charge in [0.15, 0.2) is 5.82 Å². The summed E-state index contributed by atoms with van der Waals surface area (Å²) in [5.41, 5.74) is 0. The summed E-state index contributed by atoms with van der Waals surface area (Å²) < 4.78 is 0. The molecule has 1 saturated carbocycles. The average molecular weight is 263 g/mol. The van der Waals surface area contributed by atoms with Crippen LogP contribution in [0.1, 0.15) is 71.4 Å². The molecule has 3 atom stereocenters. The molecule has 3 heteroatoms. The summed E-state index contributed by atoms with van der Waals surface area (Å²) in [4.78, 5) is 4.70. The largest absolute Gasteiger partial charge is 0.263 e. The van der Waals surface area contributed by atoms with Crippen molar-refractivity contribution < 1.29 is 0 Å². The van der Waals surface area contributed by atoms with E-state index in [1.807, 2.05) is 0 Å². The molecule has 1 aliphatic carbocycles. The van der Waals surface area contributed by atoms with E-state index in [1.165, 1.54) is 12.8 Å². The van der Waals surface area contributed by atoms with Gasteiger partial charge in [-0.1, -0.05) is 34.6 Å². The molecule has 1 fully saturated rings. The van der Waals surface area contributed by atoms with Gasteiger partial charge in [0.25, 0.3) is 0 Å². The Morgan fingerprint density at radius 1 is 1.21 bits per heavy atom. The number of aromatic amines is 1. The molecular weight excluding hydrogens is 234 g/mol. The van der Waals surface area contributed by atoms with Crippen LogP contribution in [0.3, 0.4) is 0 Å². The molecule has 1 N–H and O–H groups in total. The Morgan fingerprint density at radius 2 is 1.84 bits per heavy atom. The maximum absolute atomic E-state index is 4.70. The van der Waals surface area contributed by atoms with Crippen LogP contribution in [0.25, 0.3) is 0 Å². The number of rotatable bonds is 4. The molecule has 2 rings (SSSR count). The molecule has 1 aromatic rings. The van der Waals surface area contributed by atoms with E-state index in [9.17, 15) is 0 Å². The van der Waals surface area contributed by atoms with Gasteiger partial charge >= 0.3 is 0 Å². The lowest BCUT2D eigenvalue weighted by molar-refractivity contribution is 0.133. The summed E-state index contributed by atoms with van der Waals surface area (Å²) in [6.07, 6.45) is 4.90. The van der Waals surface area contributed by atoms with Crippen LogP contribution in [0.2, 0.25) is 0 Å². The lowest BCUT2D eigenvalue weighted by Gasteiger charge is -2.37. The van der Waals surface area contributed by atoms with E-state index >= 15 is 0 Å². The molecule has 1 heterocycles. The molecule has 1 aromatic heterocycles. The minimum Gasteiger partial charge on any atom is -0.263 e. The van der Waals surface area contributed by atoms with Crippen LogP contribution in [0.15, 0.2) is 0 Å². The second kappa shape index (κ2) is 6.06. The molecular formula is C16H29N3. The SMILES string of the molecule is CCC(C)c1n[nH]c(CC2C(C)CC(C)CC2C)n1. The van der Waals surface area contributed by atoms with Crippen LogP contribution < -0.4 is 0 Å². The third kappa shape index (κ3) is 3.37. The normalized spacial score (nSPS) is 33.3. The van der Waals surface area contributed by atoms with Crippen LogP contribution in [0.4, 0.5) is 0 Å². The number of H-pyrrole nitrogens is 1. The van der Waals surface area contributed by atoms with Gasteiger partial charge in [-0.05, 0) is 42.9 Å². The van der Waals surface area contributed by atoms with Gasteiger partial charge in [0.05, 0.1) is 0 Å². The Bertz CT molecular complexity index is 386. The lowest BCUT2D eigenvalue weighted by Crippen LogP contribution is -2.30. The van der Waals surface area contributed by atoms with Crippen molar-refractivity contribution in [3.05, 3.63) is 11.6 Å². The second-order valence-corrected chi connectivity index (χ2v) is 6.85. The van der Waals surface area contributed by atoms with Gasteiger partial charge in [-0.3, -0.25) is 5.10 Å². The molecule has 0 radical (unpaired) electrons. The van der Waals surface area contributed by atoms with Crippen molar-refractivity contribution in [3.63, 3.8) is 0 Å². The zero-order valence-electron chi connectivity index (χ0n) is 13.1. The maximum Gasteiger partial charge on any atom is 0.153 e. The maximum atomic E-state index is 4.70. The average Bonchev–Trinajstić information content (AvgIpc) is 2.81. The quantitative estimate of drug-likeness (QED) is 0.885. The summed E-state index contributed by atoms with van der Waals surface area (Å²) in [5.74, 6) is 5.79. The molecule has 0 aliphatic heterocycles. The summed E-state index contributed by atoms with van der Waals surface area (Å²) >= 11 is 0. The van der Waals surface area contributed by atoms with Crippen LogP contribution in [-0.2, 0) is 6.42 Å². The van der Waals surface area contributed by atoms with Crippen LogP contribution in [-0.4, -0.2) is 15.2 Å². The van der Waals surface area contributed by atoms with E-state index in [2.05, 4.69) is 44.8 Å². The predicted octanol–water partition coefficient (Wildman–Crippen LogP) is 4.18. The van der Waals surface area contributed by atoms with Crippen molar-refractivity contribution in [2.75, 3.05) is 0 Å². The zero-order valence-corrected chi connectivity index (χ0v) is 13.1. The first-order valence-corrected chi connectivity index (χ1v) is 7.92.